The first kappa shape index (κ1) is 11.0. The summed E-state index contributed by atoms with van der Waals surface area (Å²) in [7, 11) is 0. The van der Waals surface area contributed by atoms with Crippen LogP contribution in [0.4, 0.5) is 0 Å². The van der Waals surface area contributed by atoms with Crippen molar-refractivity contribution in [1.29, 1.82) is 0 Å². The van der Waals surface area contributed by atoms with Crippen molar-refractivity contribution in [2.75, 3.05) is 6.54 Å². The highest BCUT2D eigenvalue weighted by Crippen LogP contribution is 2.01. The van der Waals surface area contributed by atoms with E-state index in [4.69, 9.17) is 0 Å². The van der Waals surface area contributed by atoms with Gasteiger partial charge in [-0.2, -0.15) is 0 Å². The Morgan fingerprint density at radius 1 is 1.14 bits per heavy atom. The van der Waals surface area contributed by atoms with Gasteiger partial charge in [0.1, 0.15) is 0 Å². The van der Waals surface area contributed by atoms with E-state index < -0.39 is 0 Å². The van der Waals surface area contributed by atoms with Crippen molar-refractivity contribution in [3.8, 4) is 0 Å². The first-order chi connectivity index (χ1) is 6.58. The zero-order chi connectivity index (χ0) is 10.4. The van der Waals surface area contributed by atoms with Crippen LogP contribution >= 0.6 is 0 Å². The summed E-state index contributed by atoms with van der Waals surface area (Å²) in [4.78, 5) is 0. The summed E-state index contributed by atoms with van der Waals surface area (Å²) in [6.07, 6.45) is 4.29. The lowest BCUT2D eigenvalue weighted by atomic mass is 10.1. The number of hydrogen-bond donors (Lipinski definition) is 1. The average molecular weight is 189 g/mol. The molecule has 0 atom stereocenters. The molecule has 0 aromatic heterocycles. The molecule has 1 heteroatoms. The van der Waals surface area contributed by atoms with Crippen LogP contribution in [0.5, 0.6) is 0 Å². The molecular formula is C13H19N. The molecule has 0 radical (unpaired) electrons. The fourth-order valence-electron chi connectivity index (χ4n) is 1.12. The molecule has 0 aliphatic rings. The summed E-state index contributed by atoms with van der Waals surface area (Å²) in [6, 6.07) is 10.3. The van der Waals surface area contributed by atoms with Crippen LogP contribution < -0.4 is 5.32 Å². The van der Waals surface area contributed by atoms with Crippen molar-refractivity contribution in [2.45, 2.75) is 26.3 Å². The lowest BCUT2D eigenvalue weighted by Crippen LogP contribution is -2.35. The van der Waals surface area contributed by atoms with E-state index in [1.807, 2.05) is 6.07 Å². The Labute approximate surface area is 86.8 Å². The minimum Gasteiger partial charge on any atom is -0.309 e. The lowest BCUT2D eigenvalue weighted by Gasteiger charge is -2.18. The molecule has 0 saturated heterocycles. The maximum Gasteiger partial charge on any atom is 0.0143 e. The van der Waals surface area contributed by atoms with Gasteiger partial charge in [-0.05, 0) is 26.3 Å². The highest BCUT2D eigenvalue weighted by molar-refractivity contribution is 5.48. The van der Waals surface area contributed by atoms with Crippen molar-refractivity contribution in [3.63, 3.8) is 0 Å². The molecule has 0 aliphatic carbocycles. The van der Waals surface area contributed by atoms with Gasteiger partial charge in [0.05, 0.1) is 0 Å². The topological polar surface area (TPSA) is 12.0 Å². The molecular weight excluding hydrogens is 170 g/mol. The summed E-state index contributed by atoms with van der Waals surface area (Å²) < 4.78 is 0. The van der Waals surface area contributed by atoms with E-state index in [1.54, 1.807) is 0 Å². The summed E-state index contributed by atoms with van der Waals surface area (Å²) >= 11 is 0. The molecule has 76 valence electrons. The van der Waals surface area contributed by atoms with Crippen LogP contribution in [-0.4, -0.2) is 12.1 Å². The number of benzene rings is 1. The van der Waals surface area contributed by atoms with Gasteiger partial charge in [0.25, 0.3) is 0 Å². The van der Waals surface area contributed by atoms with Gasteiger partial charge in [0.15, 0.2) is 0 Å². The summed E-state index contributed by atoms with van der Waals surface area (Å²) in [5, 5.41) is 3.41. The van der Waals surface area contributed by atoms with E-state index in [9.17, 15) is 0 Å². The van der Waals surface area contributed by atoms with E-state index in [0.29, 0.717) is 0 Å². The van der Waals surface area contributed by atoms with Crippen LogP contribution in [0.3, 0.4) is 0 Å². The Balaban J connectivity index is 2.35. The molecule has 1 nitrogen and oxygen atoms in total. The summed E-state index contributed by atoms with van der Waals surface area (Å²) in [6.45, 7) is 7.43. The Hall–Kier alpha value is -1.08. The van der Waals surface area contributed by atoms with Crippen LogP contribution in [0.15, 0.2) is 36.4 Å². The Kier molecular flexibility index (Phi) is 3.90. The van der Waals surface area contributed by atoms with Gasteiger partial charge in [-0.25, -0.2) is 0 Å². The van der Waals surface area contributed by atoms with Crippen molar-refractivity contribution < 1.29 is 0 Å². The van der Waals surface area contributed by atoms with Gasteiger partial charge < -0.3 is 5.32 Å². The maximum atomic E-state index is 3.41. The van der Waals surface area contributed by atoms with E-state index in [-0.39, 0.29) is 5.54 Å². The fourth-order valence-corrected chi connectivity index (χ4v) is 1.12. The molecule has 1 N–H and O–H groups in total. The Morgan fingerprint density at radius 3 is 2.36 bits per heavy atom. The molecule has 0 saturated carbocycles. The third kappa shape index (κ3) is 4.83. The largest absolute Gasteiger partial charge is 0.309 e. The molecule has 1 rings (SSSR count). The normalized spacial score (nSPS) is 12.2. The first-order valence-corrected chi connectivity index (χ1v) is 5.04. The molecule has 0 fully saturated rings. The highest BCUT2D eigenvalue weighted by atomic mass is 14.9. The smallest absolute Gasteiger partial charge is 0.0143 e. The average Bonchev–Trinajstić information content (AvgIpc) is 2.13. The van der Waals surface area contributed by atoms with Gasteiger partial charge >= 0.3 is 0 Å². The van der Waals surface area contributed by atoms with Crippen molar-refractivity contribution >= 4 is 6.08 Å². The number of rotatable bonds is 3. The first-order valence-electron chi connectivity index (χ1n) is 5.04. The third-order valence-corrected chi connectivity index (χ3v) is 1.86. The van der Waals surface area contributed by atoms with Crippen LogP contribution in [0.25, 0.3) is 6.08 Å². The standard InChI is InChI=1S/C13H19N/c1-13(2,3)14-11-7-10-12-8-5-4-6-9-12/h4-10,14H,11H2,1-3H3/b10-7+. The van der Waals surface area contributed by atoms with Crippen LogP contribution in [0, 0.1) is 0 Å². The number of hydrogen-bond acceptors (Lipinski definition) is 1. The molecule has 0 bridgehead atoms. The van der Waals surface area contributed by atoms with Crippen molar-refractivity contribution in [3.05, 3.63) is 42.0 Å². The Morgan fingerprint density at radius 2 is 1.79 bits per heavy atom. The van der Waals surface area contributed by atoms with Gasteiger partial charge in [0.2, 0.25) is 0 Å². The van der Waals surface area contributed by atoms with Crippen molar-refractivity contribution in [1.82, 2.24) is 5.32 Å². The van der Waals surface area contributed by atoms with E-state index >= 15 is 0 Å². The van der Waals surface area contributed by atoms with Gasteiger partial charge in [-0.15, -0.1) is 0 Å². The summed E-state index contributed by atoms with van der Waals surface area (Å²) in [5.41, 5.74) is 1.45. The maximum absolute atomic E-state index is 3.41. The lowest BCUT2D eigenvalue weighted by molar-refractivity contribution is 0.450. The molecule has 0 heterocycles. The molecule has 0 unspecified atom stereocenters. The fraction of sp³-hybridized carbons (Fsp3) is 0.385. The molecule has 1 aromatic rings. The van der Waals surface area contributed by atoms with E-state index in [1.165, 1.54) is 5.56 Å². The van der Waals surface area contributed by atoms with Crippen LogP contribution in [0.1, 0.15) is 26.3 Å². The molecule has 0 aliphatic heterocycles. The second-order valence-electron chi connectivity index (χ2n) is 4.44. The zero-order valence-electron chi connectivity index (χ0n) is 9.25. The predicted octanol–water partition coefficient (Wildman–Crippen LogP) is 3.09. The second kappa shape index (κ2) is 4.97. The minimum atomic E-state index is 0.195. The molecule has 0 amide bonds. The monoisotopic (exact) mass is 189 g/mol. The summed E-state index contributed by atoms with van der Waals surface area (Å²) in [5.74, 6) is 0. The van der Waals surface area contributed by atoms with Gasteiger partial charge in [0, 0.05) is 12.1 Å². The zero-order valence-corrected chi connectivity index (χ0v) is 9.25. The molecule has 14 heavy (non-hydrogen) atoms. The molecule has 1 aromatic carbocycles. The quantitative estimate of drug-likeness (QED) is 0.770. The SMILES string of the molecule is CC(C)(C)NC/C=C/c1ccccc1. The number of nitrogens with one attached hydrogen (secondary N) is 1. The third-order valence-electron chi connectivity index (χ3n) is 1.86. The highest BCUT2D eigenvalue weighted by Gasteiger charge is 2.05. The van der Waals surface area contributed by atoms with Crippen molar-refractivity contribution in [2.24, 2.45) is 0 Å². The Bertz CT molecular complexity index is 280. The van der Waals surface area contributed by atoms with Gasteiger partial charge in [-0.3, -0.25) is 0 Å². The minimum absolute atomic E-state index is 0.195. The predicted molar refractivity (Wildman–Crippen MR) is 63.2 cm³/mol. The van der Waals surface area contributed by atoms with Crippen LogP contribution in [0.2, 0.25) is 0 Å². The van der Waals surface area contributed by atoms with E-state index in [2.05, 4.69) is 62.5 Å². The second-order valence-corrected chi connectivity index (χ2v) is 4.44. The van der Waals surface area contributed by atoms with Crippen LogP contribution in [-0.2, 0) is 0 Å². The van der Waals surface area contributed by atoms with E-state index in [0.717, 1.165) is 6.54 Å². The molecule has 0 spiro atoms. The van der Waals surface area contributed by atoms with Gasteiger partial charge in [-0.1, -0.05) is 42.5 Å².